The summed E-state index contributed by atoms with van der Waals surface area (Å²) in [6, 6.07) is 3.27. The van der Waals surface area contributed by atoms with Crippen molar-refractivity contribution in [2.75, 3.05) is 19.0 Å². The third kappa shape index (κ3) is 4.56. The van der Waals surface area contributed by atoms with E-state index in [4.69, 9.17) is 79.1 Å². The van der Waals surface area contributed by atoms with Crippen LogP contribution in [0.25, 0.3) is 0 Å². The molecule has 0 fully saturated rings. The first-order valence-corrected chi connectivity index (χ1v) is 9.22. The molecule has 0 aliphatic rings. The maximum Gasteiger partial charge on any atom is 0.262 e. The molecule has 2 rings (SSSR count). The fourth-order valence-corrected chi connectivity index (χ4v) is 3.35. The molecule has 4 nitrogen and oxygen atoms in total. The summed E-state index contributed by atoms with van der Waals surface area (Å²) >= 11 is 36.0. The molecule has 0 aliphatic heterocycles. The molecule has 10 heteroatoms. The van der Waals surface area contributed by atoms with Crippen molar-refractivity contribution in [1.82, 2.24) is 0 Å². The zero-order chi connectivity index (χ0) is 19.6. The van der Waals surface area contributed by atoms with Gasteiger partial charge >= 0.3 is 0 Å². The Labute approximate surface area is 180 Å². The van der Waals surface area contributed by atoms with Crippen molar-refractivity contribution in [3.8, 4) is 11.5 Å². The van der Waals surface area contributed by atoms with Crippen molar-refractivity contribution in [3.05, 3.63) is 47.8 Å². The third-order valence-corrected chi connectivity index (χ3v) is 5.92. The Morgan fingerprint density at radius 2 is 1.50 bits per heavy atom. The first-order chi connectivity index (χ1) is 12.2. The van der Waals surface area contributed by atoms with Crippen molar-refractivity contribution in [2.24, 2.45) is 0 Å². The van der Waals surface area contributed by atoms with Gasteiger partial charge in [0.15, 0.2) is 12.4 Å². The number of anilines is 1. The maximum atomic E-state index is 12.2. The van der Waals surface area contributed by atoms with E-state index in [2.05, 4.69) is 5.32 Å². The summed E-state index contributed by atoms with van der Waals surface area (Å²) in [7, 11) is 1.46. The second-order valence-corrected chi connectivity index (χ2v) is 7.33. The van der Waals surface area contributed by atoms with Crippen LogP contribution in [0, 0.1) is 6.92 Å². The minimum Gasteiger partial charge on any atom is -0.495 e. The van der Waals surface area contributed by atoms with Gasteiger partial charge in [-0.2, -0.15) is 0 Å². The van der Waals surface area contributed by atoms with Crippen LogP contribution >= 0.6 is 69.6 Å². The number of benzene rings is 2. The molecule has 26 heavy (non-hydrogen) atoms. The highest BCUT2D eigenvalue weighted by atomic mass is 35.5. The highest BCUT2D eigenvalue weighted by molar-refractivity contribution is 6.55. The summed E-state index contributed by atoms with van der Waals surface area (Å²) in [5.74, 6) is -0.121. The van der Waals surface area contributed by atoms with Crippen LogP contribution < -0.4 is 14.8 Å². The van der Waals surface area contributed by atoms with E-state index in [1.165, 1.54) is 7.11 Å². The molecule has 140 valence electrons. The van der Waals surface area contributed by atoms with Crippen molar-refractivity contribution in [3.63, 3.8) is 0 Å². The predicted octanol–water partition coefficient (Wildman–Crippen LogP) is 6.94. The molecule has 0 atom stereocenters. The van der Waals surface area contributed by atoms with E-state index < -0.39 is 12.5 Å². The first-order valence-electron chi connectivity index (χ1n) is 6.95. The van der Waals surface area contributed by atoms with Crippen LogP contribution in [-0.2, 0) is 4.79 Å². The van der Waals surface area contributed by atoms with E-state index in [0.29, 0.717) is 16.5 Å². The number of carbonyl (C=O) groups excluding carboxylic acids is 1. The van der Waals surface area contributed by atoms with Crippen LogP contribution in [0.15, 0.2) is 12.1 Å². The van der Waals surface area contributed by atoms with E-state index in [1.807, 2.05) is 0 Å². The second kappa shape index (κ2) is 8.96. The van der Waals surface area contributed by atoms with Crippen LogP contribution in [-0.4, -0.2) is 19.6 Å². The van der Waals surface area contributed by atoms with E-state index in [9.17, 15) is 4.79 Å². The number of nitrogens with one attached hydrogen (secondary N) is 1. The van der Waals surface area contributed by atoms with Crippen molar-refractivity contribution in [2.45, 2.75) is 6.92 Å². The minimum absolute atomic E-state index is 0.00140. The molecule has 0 bridgehead atoms. The number of hydrogen-bond acceptors (Lipinski definition) is 3. The van der Waals surface area contributed by atoms with E-state index in [-0.39, 0.29) is 30.9 Å². The van der Waals surface area contributed by atoms with Crippen LogP contribution in [0.2, 0.25) is 30.1 Å². The monoisotopic (exact) mass is 475 g/mol. The van der Waals surface area contributed by atoms with Gasteiger partial charge in [-0.15, -0.1) is 0 Å². The third-order valence-electron chi connectivity index (χ3n) is 3.27. The molecule has 0 spiro atoms. The Morgan fingerprint density at radius 1 is 0.962 bits per heavy atom. The smallest absolute Gasteiger partial charge is 0.262 e. The number of halogens is 6. The van der Waals surface area contributed by atoms with Gasteiger partial charge in [0.05, 0.1) is 27.9 Å². The number of rotatable bonds is 5. The van der Waals surface area contributed by atoms with Gasteiger partial charge in [0, 0.05) is 11.1 Å². The van der Waals surface area contributed by atoms with Gasteiger partial charge in [0.25, 0.3) is 5.91 Å². The van der Waals surface area contributed by atoms with E-state index in [1.54, 1.807) is 19.1 Å². The summed E-state index contributed by atoms with van der Waals surface area (Å²) < 4.78 is 10.6. The summed E-state index contributed by atoms with van der Waals surface area (Å²) in [4.78, 5) is 12.2. The van der Waals surface area contributed by atoms with Gasteiger partial charge in [-0.3, -0.25) is 4.79 Å². The minimum atomic E-state index is -0.487. The fourth-order valence-electron chi connectivity index (χ4n) is 1.97. The zero-order valence-electron chi connectivity index (χ0n) is 13.4. The molecule has 1 N–H and O–H groups in total. The normalized spacial score (nSPS) is 10.6. The maximum absolute atomic E-state index is 12.2. The topological polar surface area (TPSA) is 47.6 Å². The Kier molecular flexibility index (Phi) is 7.43. The lowest BCUT2D eigenvalue weighted by molar-refractivity contribution is -0.118. The first kappa shape index (κ1) is 21.5. The Balaban J connectivity index is 2.17. The van der Waals surface area contributed by atoms with Crippen LogP contribution in [0.4, 0.5) is 5.69 Å². The molecular formula is C16H11Cl6NO3. The van der Waals surface area contributed by atoms with Gasteiger partial charge in [-0.1, -0.05) is 69.6 Å². The highest BCUT2D eigenvalue weighted by Crippen LogP contribution is 2.48. The summed E-state index contributed by atoms with van der Waals surface area (Å²) in [5, 5.41) is 3.04. The largest absolute Gasteiger partial charge is 0.495 e. The Bertz CT molecular complexity index is 843. The number of methoxy groups -OCH3 is 1. The molecule has 2 aromatic rings. The van der Waals surface area contributed by atoms with Gasteiger partial charge in [0.1, 0.15) is 15.8 Å². The van der Waals surface area contributed by atoms with Crippen molar-refractivity contribution < 1.29 is 14.3 Å². The average Bonchev–Trinajstić information content (AvgIpc) is 2.61. The van der Waals surface area contributed by atoms with E-state index in [0.717, 1.165) is 5.56 Å². The van der Waals surface area contributed by atoms with E-state index >= 15 is 0 Å². The average molecular weight is 478 g/mol. The van der Waals surface area contributed by atoms with Gasteiger partial charge in [-0.25, -0.2) is 0 Å². The molecule has 1 amide bonds. The number of aryl methyl sites for hydroxylation is 1. The second-order valence-electron chi connectivity index (χ2n) is 5.04. The number of carbonyl (C=O) groups is 1. The predicted molar refractivity (Wildman–Crippen MR) is 108 cm³/mol. The standard InChI is InChI=1S/C16H11Cl6NO3/c1-6-3-8(9(25-2)4-7(6)17)23-10(24)5-26-16-14(21)12(19)11(18)13(20)15(16)22/h3-4H,5H2,1-2H3,(H,23,24). The van der Waals surface area contributed by atoms with Gasteiger partial charge in [0.2, 0.25) is 0 Å². The lowest BCUT2D eigenvalue weighted by atomic mass is 10.2. The van der Waals surface area contributed by atoms with Gasteiger partial charge < -0.3 is 14.8 Å². The van der Waals surface area contributed by atoms with Crippen LogP contribution in [0.1, 0.15) is 5.56 Å². The lowest BCUT2D eigenvalue weighted by Gasteiger charge is -2.15. The van der Waals surface area contributed by atoms with Crippen LogP contribution in [0.3, 0.4) is 0 Å². The molecule has 0 saturated carbocycles. The number of amides is 1. The lowest BCUT2D eigenvalue weighted by Crippen LogP contribution is -2.21. The highest BCUT2D eigenvalue weighted by Gasteiger charge is 2.21. The van der Waals surface area contributed by atoms with Crippen LogP contribution in [0.5, 0.6) is 11.5 Å². The summed E-state index contributed by atoms with van der Waals surface area (Å²) in [6.07, 6.45) is 0. The molecule has 0 aromatic heterocycles. The molecule has 0 unspecified atom stereocenters. The van der Waals surface area contributed by atoms with Crippen molar-refractivity contribution >= 4 is 81.2 Å². The molecular weight excluding hydrogens is 467 g/mol. The summed E-state index contributed by atoms with van der Waals surface area (Å²) in [6.45, 7) is 1.39. The fraction of sp³-hybridized carbons (Fsp3) is 0.188. The molecule has 0 radical (unpaired) electrons. The number of ether oxygens (including phenoxy) is 2. The Morgan fingerprint density at radius 3 is 2.04 bits per heavy atom. The zero-order valence-corrected chi connectivity index (χ0v) is 17.9. The quantitative estimate of drug-likeness (QED) is 0.374. The van der Waals surface area contributed by atoms with Crippen molar-refractivity contribution in [1.29, 1.82) is 0 Å². The molecule has 0 heterocycles. The Hall–Kier alpha value is -0.750. The summed E-state index contributed by atoms with van der Waals surface area (Å²) in [5.41, 5.74) is 1.21. The molecule has 2 aromatic carbocycles. The molecule has 0 aliphatic carbocycles. The van der Waals surface area contributed by atoms with Gasteiger partial charge in [-0.05, 0) is 18.6 Å². The SMILES string of the molecule is COc1cc(Cl)c(C)cc1NC(=O)COc1c(Cl)c(Cl)c(Cl)c(Cl)c1Cl. The molecule has 0 saturated heterocycles. The number of hydrogen-bond donors (Lipinski definition) is 1.